The van der Waals surface area contributed by atoms with Gasteiger partial charge in [-0.25, -0.2) is 9.78 Å². The van der Waals surface area contributed by atoms with Crippen LogP contribution in [-0.4, -0.2) is 46.5 Å². The highest BCUT2D eigenvalue weighted by Crippen LogP contribution is 2.36. The van der Waals surface area contributed by atoms with E-state index in [9.17, 15) is 4.79 Å². The van der Waals surface area contributed by atoms with Crippen LogP contribution in [0.15, 0.2) is 29.4 Å². The van der Waals surface area contributed by atoms with Crippen molar-refractivity contribution in [1.82, 2.24) is 9.97 Å². The predicted octanol–water partition coefficient (Wildman–Crippen LogP) is 5.30. The van der Waals surface area contributed by atoms with Gasteiger partial charge >= 0.3 is 13.1 Å². The van der Waals surface area contributed by atoms with E-state index in [1.54, 1.807) is 11.8 Å². The lowest BCUT2D eigenvalue weighted by molar-refractivity contribution is -0.157. The van der Waals surface area contributed by atoms with Gasteiger partial charge in [0.15, 0.2) is 11.8 Å². The number of ether oxygens (including phenoxy) is 2. The van der Waals surface area contributed by atoms with Crippen LogP contribution in [0.4, 0.5) is 0 Å². The highest BCUT2D eigenvalue weighted by atomic mass is 32.2. The predicted molar refractivity (Wildman–Crippen MR) is 148 cm³/mol. The van der Waals surface area contributed by atoms with E-state index in [0.29, 0.717) is 16.8 Å². The number of rotatable bonds is 7. The van der Waals surface area contributed by atoms with Gasteiger partial charge in [0, 0.05) is 11.3 Å². The SMILES string of the molecule is CC.CC(C)(C)OC(=O)COc1nc(SCc2ccc(B3OC(C)(C)C(C)(C)O3)cc2)nc2c1CCC2. The molecule has 9 heteroatoms. The summed E-state index contributed by atoms with van der Waals surface area (Å²) in [5.41, 5.74) is 2.90. The summed E-state index contributed by atoms with van der Waals surface area (Å²) in [6, 6.07) is 8.27. The zero-order chi connectivity index (χ0) is 27.4. The van der Waals surface area contributed by atoms with Crippen molar-refractivity contribution in [3.63, 3.8) is 0 Å². The molecule has 37 heavy (non-hydrogen) atoms. The van der Waals surface area contributed by atoms with Crippen LogP contribution in [0, 0.1) is 0 Å². The molecule has 0 atom stereocenters. The molecular formula is C28H41BN2O5S. The highest BCUT2D eigenvalue weighted by molar-refractivity contribution is 7.98. The minimum atomic E-state index is -0.549. The van der Waals surface area contributed by atoms with Crippen molar-refractivity contribution in [1.29, 1.82) is 0 Å². The number of nitrogens with zero attached hydrogens (tertiary/aromatic N) is 2. The van der Waals surface area contributed by atoms with Crippen molar-refractivity contribution in [2.24, 2.45) is 0 Å². The number of fused-ring (bicyclic) bond motifs is 1. The quantitative estimate of drug-likeness (QED) is 0.207. The number of hydrogen-bond acceptors (Lipinski definition) is 8. The van der Waals surface area contributed by atoms with Gasteiger partial charge in [-0.2, -0.15) is 4.98 Å². The number of benzene rings is 1. The van der Waals surface area contributed by atoms with E-state index in [4.69, 9.17) is 23.8 Å². The molecule has 1 aliphatic carbocycles. The molecule has 1 saturated heterocycles. The van der Waals surface area contributed by atoms with Crippen molar-refractivity contribution in [3.8, 4) is 5.88 Å². The van der Waals surface area contributed by atoms with Gasteiger partial charge in [-0.1, -0.05) is 49.9 Å². The highest BCUT2D eigenvalue weighted by Gasteiger charge is 2.51. The van der Waals surface area contributed by atoms with E-state index in [1.807, 2.05) is 34.6 Å². The largest absolute Gasteiger partial charge is 0.494 e. The molecule has 7 nitrogen and oxygen atoms in total. The van der Waals surface area contributed by atoms with Crippen molar-refractivity contribution in [2.75, 3.05) is 6.61 Å². The van der Waals surface area contributed by atoms with Crippen molar-refractivity contribution in [3.05, 3.63) is 41.1 Å². The maximum Gasteiger partial charge on any atom is 0.494 e. The Morgan fingerprint density at radius 2 is 1.65 bits per heavy atom. The Kier molecular flexibility index (Phi) is 9.35. The third kappa shape index (κ3) is 7.48. The fraction of sp³-hybridized carbons (Fsp3) is 0.607. The average Bonchev–Trinajstić information content (AvgIpc) is 3.38. The summed E-state index contributed by atoms with van der Waals surface area (Å²) in [6.07, 6.45) is 2.78. The minimum Gasteiger partial charge on any atom is -0.465 e. The maximum absolute atomic E-state index is 12.1. The van der Waals surface area contributed by atoms with E-state index in [-0.39, 0.29) is 24.9 Å². The van der Waals surface area contributed by atoms with Crippen LogP contribution in [0.2, 0.25) is 0 Å². The molecule has 0 bridgehead atoms. The van der Waals surface area contributed by atoms with Gasteiger partial charge in [0.1, 0.15) is 5.60 Å². The van der Waals surface area contributed by atoms with E-state index in [2.05, 4.69) is 56.9 Å². The van der Waals surface area contributed by atoms with Crippen LogP contribution < -0.4 is 10.2 Å². The fourth-order valence-electron chi connectivity index (χ4n) is 3.96. The van der Waals surface area contributed by atoms with Crippen LogP contribution in [0.25, 0.3) is 0 Å². The molecule has 0 amide bonds. The van der Waals surface area contributed by atoms with E-state index in [0.717, 1.165) is 41.5 Å². The Labute approximate surface area is 226 Å². The van der Waals surface area contributed by atoms with Gasteiger partial charge < -0.3 is 18.8 Å². The Balaban J connectivity index is 0.00000186. The summed E-state index contributed by atoms with van der Waals surface area (Å²) in [5, 5.41) is 0.653. The monoisotopic (exact) mass is 528 g/mol. The first-order chi connectivity index (χ1) is 17.3. The lowest BCUT2D eigenvalue weighted by atomic mass is 9.79. The van der Waals surface area contributed by atoms with Gasteiger partial charge in [-0.3, -0.25) is 0 Å². The van der Waals surface area contributed by atoms with Gasteiger partial charge in [0.2, 0.25) is 5.88 Å². The number of aryl methyl sites for hydroxylation is 1. The molecule has 0 saturated carbocycles. The summed E-state index contributed by atoms with van der Waals surface area (Å²) in [7, 11) is -0.369. The van der Waals surface area contributed by atoms with Gasteiger partial charge in [-0.05, 0) is 78.8 Å². The second kappa shape index (κ2) is 11.7. The van der Waals surface area contributed by atoms with Crippen LogP contribution in [-0.2, 0) is 37.4 Å². The summed E-state index contributed by atoms with van der Waals surface area (Å²) in [5.74, 6) is 0.810. The minimum absolute atomic E-state index is 0.161. The zero-order valence-electron chi connectivity index (χ0n) is 23.8. The Morgan fingerprint density at radius 3 is 2.24 bits per heavy atom. The lowest BCUT2D eigenvalue weighted by Crippen LogP contribution is -2.41. The molecule has 2 heterocycles. The van der Waals surface area contributed by atoms with Crippen LogP contribution in [0.5, 0.6) is 5.88 Å². The first kappa shape index (κ1) is 29.5. The van der Waals surface area contributed by atoms with Crippen molar-refractivity contribution in [2.45, 2.75) is 109 Å². The standard InChI is InChI=1S/C26H35BN2O5S.C2H6/c1-24(2,3)32-21(30)15-31-22-19-9-8-10-20(19)28-23(29-22)35-16-17-11-13-18(14-12-17)27-33-25(4,5)26(6,7)34-27;1-2/h11-14H,8-10,15-16H2,1-7H3;1-2H3. The zero-order valence-corrected chi connectivity index (χ0v) is 24.6. The van der Waals surface area contributed by atoms with Crippen LogP contribution >= 0.6 is 11.8 Å². The molecule has 2 aromatic rings. The molecule has 1 aromatic carbocycles. The van der Waals surface area contributed by atoms with Crippen molar-refractivity contribution < 1.29 is 23.6 Å². The first-order valence-corrected chi connectivity index (χ1v) is 14.1. The average molecular weight is 529 g/mol. The van der Waals surface area contributed by atoms with E-state index in [1.165, 1.54) is 0 Å². The molecule has 0 unspecified atom stereocenters. The third-order valence-corrected chi connectivity index (χ3v) is 7.41. The second-order valence-corrected chi connectivity index (χ2v) is 12.0. The Hall–Kier alpha value is -2.10. The summed E-state index contributed by atoms with van der Waals surface area (Å²) < 4.78 is 23.4. The molecule has 2 aliphatic rings. The molecule has 1 fully saturated rings. The van der Waals surface area contributed by atoms with Gasteiger partial charge in [0.25, 0.3) is 0 Å². The fourth-order valence-corrected chi connectivity index (χ4v) is 4.77. The van der Waals surface area contributed by atoms with Gasteiger partial charge in [0.05, 0.1) is 16.9 Å². The molecule has 4 rings (SSSR count). The van der Waals surface area contributed by atoms with Crippen LogP contribution in [0.1, 0.15) is 85.6 Å². The third-order valence-electron chi connectivity index (χ3n) is 6.49. The number of esters is 1. The molecule has 202 valence electrons. The molecular weight excluding hydrogens is 487 g/mol. The number of carbonyl (C=O) groups excluding carboxylic acids is 1. The van der Waals surface area contributed by atoms with Gasteiger partial charge in [-0.15, -0.1) is 0 Å². The topological polar surface area (TPSA) is 79.8 Å². The maximum atomic E-state index is 12.1. The molecule has 0 radical (unpaired) electrons. The second-order valence-electron chi connectivity index (χ2n) is 11.1. The van der Waals surface area contributed by atoms with E-state index < -0.39 is 11.6 Å². The molecule has 1 aromatic heterocycles. The lowest BCUT2D eigenvalue weighted by Gasteiger charge is -2.32. The number of aromatic nitrogens is 2. The first-order valence-electron chi connectivity index (χ1n) is 13.1. The van der Waals surface area contributed by atoms with Crippen LogP contribution in [0.3, 0.4) is 0 Å². The normalized spacial score (nSPS) is 17.6. The number of hydrogen-bond donors (Lipinski definition) is 0. The smallest absolute Gasteiger partial charge is 0.465 e. The summed E-state index contributed by atoms with van der Waals surface area (Å²) in [4.78, 5) is 21.5. The van der Waals surface area contributed by atoms with Crippen molar-refractivity contribution >= 4 is 30.3 Å². The Bertz CT molecular complexity index is 1070. The summed E-state index contributed by atoms with van der Waals surface area (Å²) >= 11 is 1.55. The number of thioether (sulfide) groups is 1. The molecule has 0 N–H and O–H groups in total. The van der Waals surface area contributed by atoms with E-state index >= 15 is 0 Å². The molecule has 1 aliphatic heterocycles. The number of carbonyl (C=O) groups is 1. The molecule has 0 spiro atoms. The Morgan fingerprint density at radius 1 is 1.03 bits per heavy atom. The summed E-state index contributed by atoms with van der Waals surface area (Å²) in [6.45, 7) is 17.6.